The zero-order valence-electron chi connectivity index (χ0n) is 27.0. The van der Waals surface area contributed by atoms with E-state index in [0.29, 0.717) is 44.2 Å². The van der Waals surface area contributed by atoms with Gasteiger partial charge in [0.05, 0.1) is 17.3 Å². The minimum Gasteiger partial charge on any atom is -0.363 e. The fraction of sp³-hybridized carbons (Fsp3) is 0.871. The summed E-state index contributed by atoms with van der Waals surface area (Å²) in [5.41, 5.74) is 3.88. The number of carbonyl (C=O) groups is 4. The van der Waals surface area contributed by atoms with Gasteiger partial charge in [-0.2, -0.15) is 0 Å². The van der Waals surface area contributed by atoms with Crippen LogP contribution in [0, 0.1) is 23.2 Å². The van der Waals surface area contributed by atoms with E-state index in [2.05, 4.69) is 29.8 Å². The first-order chi connectivity index (χ1) is 19.9. The first-order valence-electron chi connectivity index (χ1n) is 16.0. The number of nitrogens with one attached hydrogen (secondary N) is 3. The van der Waals surface area contributed by atoms with E-state index in [1.165, 1.54) is 6.26 Å². The third-order valence-electron chi connectivity index (χ3n) is 9.74. The average molecular weight is 626 g/mol. The van der Waals surface area contributed by atoms with Crippen molar-refractivity contribution in [2.45, 2.75) is 122 Å². The number of ketones is 1. The number of hydrogen-bond acceptors (Lipinski definition) is 7. The van der Waals surface area contributed by atoms with Gasteiger partial charge in [-0.15, -0.1) is 0 Å². The summed E-state index contributed by atoms with van der Waals surface area (Å²) in [5, 5.41) is 9.18. The van der Waals surface area contributed by atoms with Crippen molar-refractivity contribution < 1.29 is 27.6 Å². The highest BCUT2D eigenvalue weighted by Gasteiger charge is 2.44. The maximum Gasteiger partial charge on any atom is 0.315 e. The molecule has 4 amide bonds. The number of urea groups is 1. The molecule has 0 aromatic carbocycles. The van der Waals surface area contributed by atoms with Gasteiger partial charge in [0, 0.05) is 25.4 Å². The van der Waals surface area contributed by atoms with Crippen LogP contribution in [0.4, 0.5) is 4.79 Å². The number of hydrogen-bond donors (Lipinski definition) is 4. The van der Waals surface area contributed by atoms with Gasteiger partial charge >= 0.3 is 6.03 Å². The molecule has 0 radical (unpaired) electrons. The minimum atomic E-state index is -3.34. The van der Waals surface area contributed by atoms with E-state index >= 15 is 0 Å². The van der Waals surface area contributed by atoms with Gasteiger partial charge in [-0.05, 0) is 48.9 Å². The Balaban J connectivity index is 1.78. The standard InChI is InChI=1S/C31H55N5O6S/c1-20(2)22-16-23(17-33-24(25(37)27(32)38)15-21-11-10-12-21)36(18-22)28(39)26(30(3,4)5)34-29(40)35-31(19-43(6,41)42)13-8-7-9-14-31/h20-24,26,33H,7-19H2,1-6H3,(H2,32,38)(H2,34,35,40)/t22?,23-,24?,26+/m0/s1. The monoisotopic (exact) mass is 625 g/mol. The first kappa shape index (κ1) is 35.3. The van der Waals surface area contributed by atoms with Gasteiger partial charge < -0.3 is 26.6 Å². The SMILES string of the molecule is CC(C)C1C[C@@H](CNC(CC2CCC2)C(=O)C(N)=O)N(C(=O)[C@@H](NC(=O)NC2(CS(C)(=O)=O)CCCCC2)C(C)(C)C)C1. The quantitative estimate of drug-likeness (QED) is 0.228. The number of likely N-dealkylation sites (tertiary alicyclic amines) is 1. The number of rotatable bonds is 13. The van der Waals surface area contributed by atoms with E-state index in [0.717, 1.165) is 44.9 Å². The molecule has 0 aromatic rings. The lowest BCUT2D eigenvalue weighted by atomic mass is 9.80. The molecular weight excluding hydrogens is 570 g/mol. The lowest BCUT2D eigenvalue weighted by Crippen LogP contribution is -2.62. The third-order valence-corrected chi connectivity index (χ3v) is 10.8. The Hall–Kier alpha value is -2.21. The van der Waals surface area contributed by atoms with Crippen LogP contribution < -0.4 is 21.7 Å². The van der Waals surface area contributed by atoms with Crippen LogP contribution in [0.25, 0.3) is 0 Å². The molecule has 2 unspecified atom stereocenters. The summed E-state index contributed by atoms with van der Waals surface area (Å²) in [6.45, 7) is 10.8. The summed E-state index contributed by atoms with van der Waals surface area (Å²) in [4.78, 5) is 53.9. The topological polar surface area (TPSA) is 168 Å². The summed E-state index contributed by atoms with van der Waals surface area (Å²) >= 11 is 0. The molecule has 1 aliphatic heterocycles. The van der Waals surface area contributed by atoms with Gasteiger partial charge in [-0.3, -0.25) is 14.4 Å². The van der Waals surface area contributed by atoms with E-state index in [9.17, 15) is 27.6 Å². The first-order valence-corrected chi connectivity index (χ1v) is 18.1. The Bertz CT molecular complexity index is 1120. The van der Waals surface area contributed by atoms with Crippen molar-refractivity contribution in [1.82, 2.24) is 20.9 Å². The molecular formula is C31H55N5O6S. The maximum atomic E-state index is 14.2. The molecule has 0 spiro atoms. The second-order valence-electron chi connectivity index (χ2n) is 14.9. The number of carbonyl (C=O) groups excluding carboxylic acids is 4. The second kappa shape index (κ2) is 14.3. The molecule has 0 aromatic heterocycles. The summed E-state index contributed by atoms with van der Waals surface area (Å²) in [6, 6.07) is -2.31. The van der Waals surface area contributed by atoms with Crippen LogP contribution in [-0.4, -0.2) is 85.7 Å². The van der Waals surface area contributed by atoms with E-state index < -0.39 is 50.6 Å². The van der Waals surface area contributed by atoms with Gasteiger partial charge in [0.1, 0.15) is 15.9 Å². The lowest BCUT2D eigenvalue weighted by molar-refractivity contribution is -0.138. The Labute approximate surface area is 258 Å². The van der Waals surface area contributed by atoms with Crippen molar-refractivity contribution in [3.05, 3.63) is 0 Å². The van der Waals surface area contributed by atoms with Crippen LogP contribution in [-0.2, 0) is 24.2 Å². The predicted molar refractivity (Wildman–Crippen MR) is 167 cm³/mol. The molecule has 12 heteroatoms. The third kappa shape index (κ3) is 9.89. The zero-order valence-corrected chi connectivity index (χ0v) is 27.9. The number of amides is 4. The lowest BCUT2D eigenvalue weighted by Gasteiger charge is -2.40. The van der Waals surface area contributed by atoms with E-state index in [1.54, 1.807) is 0 Å². The molecule has 4 atom stereocenters. The molecule has 1 heterocycles. The molecule has 3 rings (SSSR count). The molecule has 2 aliphatic carbocycles. The predicted octanol–water partition coefficient (Wildman–Crippen LogP) is 2.52. The van der Waals surface area contributed by atoms with Crippen LogP contribution in [0.1, 0.15) is 98.8 Å². The maximum absolute atomic E-state index is 14.2. The van der Waals surface area contributed by atoms with E-state index in [-0.39, 0.29) is 23.6 Å². The molecule has 3 aliphatic rings. The summed E-state index contributed by atoms with van der Waals surface area (Å²) in [7, 11) is -3.34. The van der Waals surface area contributed by atoms with Crippen LogP contribution in [0.15, 0.2) is 0 Å². The number of sulfone groups is 1. The molecule has 3 fully saturated rings. The smallest absolute Gasteiger partial charge is 0.315 e. The Kier molecular flexibility index (Phi) is 11.7. The molecule has 11 nitrogen and oxygen atoms in total. The normalized spacial score (nSPS) is 24.2. The van der Waals surface area contributed by atoms with E-state index in [4.69, 9.17) is 5.73 Å². The Morgan fingerprint density at radius 2 is 1.65 bits per heavy atom. The van der Waals surface area contributed by atoms with Gasteiger partial charge in [-0.25, -0.2) is 13.2 Å². The summed E-state index contributed by atoms with van der Waals surface area (Å²) < 4.78 is 24.5. The van der Waals surface area contributed by atoms with Crippen molar-refractivity contribution >= 4 is 33.5 Å². The number of nitrogens with zero attached hydrogens (tertiary/aromatic N) is 1. The van der Waals surface area contributed by atoms with Gasteiger partial charge in [-0.1, -0.05) is 73.1 Å². The number of primary amides is 1. The molecule has 0 bridgehead atoms. The largest absolute Gasteiger partial charge is 0.363 e. The summed E-state index contributed by atoms with van der Waals surface area (Å²) in [5.74, 6) is -0.981. The second-order valence-corrected chi connectivity index (χ2v) is 17.1. The summed E-state index contributed by atoms with van der Waals surface area (Å²) in [6.07, 6.45) is 9.44. The average Bonchev–Trinajstić information content (AvgIpc) is 3.29. The molecule has 5 N–H and O–H groups in total. The Morgan fingerprint density at radius 3 is 2.14 bits per heavy atom. The van der Waals surface area contributed by atoms with Crippen LogP contribution in [0.3, 0.4) is 0 Å². The van der Waals surface area contributed by atoms with Gasteiger partial charge in [0.25, 0.3) is 5.91 Å². The molecule has 43 heavy (non-hydrogen) atoms. The van der Waals surface area contributed by atoms with Crippen molar-refractivity contribution in [2.75, 3.05) is 25.1 Å². The van der Waals surface area contributed by atoms with Gasteiger partial charge in [0.2, 0.25) is 11.7 Å². The Morgan fingerprint density at radius 1 is 1.02 bits per heavy atom. The van der Waals surface area contributed by atoms with Crippen LogP contribution >= 0.6 is 0 Å². The highest BCUT2D eigenvalue weighted by atomic mass is 32.2. The highest BCUT2D eigenvalue weighted by Crippen LogP contribution is 2.34. The fourth-order valence-corrected chi connectivity index (χ4v) is 8.32. The van der Waals surface area contributed by atoms with Gasteiger partial charge in [0.15, 0.2) is 0 Å². The minimum absolute atomic E-state index is 0.135. The zero-order chi connectivity index (χ0) is 32.2. The van der Waals surface area contributed by atoms with Crippen molar-refractivity contribution in [1.29, 1.82) is 0 Å². The molecule has 246 valence electrons. The molecule has 2 saturated carbocycles. The van der Waals surface area contributed by atoms with Crippen molar-refractivity contribution in [2.24, 2.45) is 28.9 Å². The number of Topliss-reactive ketones (excluding diaryl/α,β-unsaturated/α-hetero) is 1. The van der Waals surface area contributed by atoms with Crippen LogP contribution in [0.2, 0.25) is 0 Å². The number of nitrogens with two attached hydrogens (primary N) is 1. The highest BCUT2D eigenvalue weighted by molar-refractivity contribution is 7.90. The van der Waals surface area contributed by atoms with Crippen molar-refractivity contribution in [3.63, 3.8) is 0 Å². The van der Waals surface area contributed by atoms with E-state index in [1.807, 2.05) is 25.7 Å². The molecule has 1 saturated heterocycles. The van der Waals surface area contributed by atoms with Crippen LogP contribution in [0.5, 0.6) is 0 Å². The fourth-order valence-electron chi connectivity index (χ4n) is 6.95. The van der Waals surface area contributed by atoms with Crippen molar-refractivity contribution in [3.8, 4) is 0 Å².